The summed E-state index contributed by atoms with van der Waals surface area (Å²) in [5.41, 5.74) is -0.403. The van der Waals surface area contributed by atoms with Crippen molar-refractivity contribution in [3.63, 3.8) is 0 Å². The van der Waals surface area contributed by atoms with Crippen molar-refractivity contribution >= 4 is 53.8 Å². The lowest BCUT2D eigenvalue weighted by molar-refractivity contribution is -0.122. The van der Waals surface area contributed by atoms with E-state index in [1.807, 2.05) is 24.3 Å². The van der Waals surface area contributed by atoms with Gasteiger partial charge < -0.3 is 4.90 Å². The van der Waals surface area contributed by atoms with Gasteiger partial charge in [-0.1, -0.05) is 41.9 Å². The Hall–Kier alpha value is -3.04. The van der Waals surface area contributed by atoms with Crippen LogP contribution in [0.3, 0.4) is 0 Å². The highest BCUT2D eigenvalue weighted by Gasteiger charge is 2.55. The molecule has 208 valence electrons. The number of nitriles is 1. The molecule has 6 rings (SSSR count). The fourth-order valence-corrected chi connectivity index (χ4v) is 10.1. The number of anilines is 1. The first kappa shape index (κ1) is 27.1. The summed E-state index contributed by atoms with van der Waals surface area (Å²) in [6.45, 7) is 0.323. The summed E-state index contributed by atoms with van der Waals surface area (Å²) in [6.07, 6.45) is 3.70. The molecule has 40 heavy (non-hydrogen) atoms. The third-order valence-corrected chi connectivity index (χ3v) is 12.5. The molecule has 1 amide bonds. The Bertz CT molecular complexity index is 1790. The summed E-state index contributed by atoms with van der Waals surface area (Å²) in [6, 6.07) is 15.0. The van der Waals surface area contributed by atoms with Crippen molar-refractivity contribution in [2.24, 2.45) is 5.41 Å². The number of nitrogens with zero attached hydrogens (tertiary/aromatic N) is 4. The molecule has 2 fully saturated rings. The Morgan fingerprint density at radius 2 is 1.82 bits per heavy atom. The lowest BCUT2D eigenvalue weighted by Crippen LogP contribution is -2.53. The molecule has 3 aliphatic heterocycles. The molecule has 3 aromatic rings. The van der Waals surface area contributed by atoms with Crippen molar-refractivity contribution in [1.29, 1.82) is 5.26 Å². The van der Waals surface area contributed by atoms with Gasteiger partial charge in [-0.05, 0) is 42.5 Å². The smallest absolute Gasteiger partial charge is 0.239 e. The summed E-state index contributed by atoms with van der Waals surface area (Å²) in [4.78, 5) is 20.4. The minimum Gasteiger partial charge on any atom is -0.309 e. The van der Waals surface area contributed by atoms with E-state index in [1.165, 1.54) is 4.31 Å². The van der Waals surface area contributed by atoms with Crippen LogP contribution in [-0.4, -0.2) is 62.4 Å². The summed E-state index contributed by atoms with van der Waals surface area (Å²) >= 11 is 6.38. The normalized spacial score (nSPS) is 24.2. The Morgan fingerprint density at radius 1 is 1.07 bits per heavy atom. The van der Waals surface area contributed by atoms with Gasteiger partial charge in [0.25, 0.3) is 0 Å². The SMILES string of the molecule is N#CC1(CS(=O)(=O)N2Cc3ccc(Cl)cc3C3(CCN(c4cncc5ccccc45)C3=O)C2)CCS(=O)(=O)CC1. The van der Waals surface area contributed by atoms with Crippen molar-refractivity contribution in [3.05, 3.63) is 71.0 Å². The molecule has 1 spiro atoms. The van der Waals surface area contributed by atoms with Crippen LogP contribution >= 0.6 is 11.6 Å². The lowest BCUT2D eigenvalue weighted by atomic mass is 9.74. The molecule has 0 aliphatic carbocycles. The second-order valence-electron chi connectivity index (χ2n) is 11.0. The predicted octanol–water partition coefficient (Wildman–Crippen LogP) is 3.43. The van der Waals surface area contributed by atoms with Gasteiger partial charge in [0.05, 0.1) is 46.0 Å². The van der Waals surface area contributed by atoms with Gasteiger partial charge in [0.2, 0.25) is 15.9 Å². The molecule has 9 nitrogen and oxygen atoms in total. The van der Waals surface area contributed by atoms with Gasteiger partial charge in [-0.3, -0.25) is 9.78 Å². The molecule has 12 heteroatoms. The Kier molecular flexibility index (Phi) is 6.46. The maximum atomic E-state index is 14.4. The van der Waals surface area contributed by atoms with Crippen LogP contribution in [0.5, 0.6) is 0 Å². The maximum Gasteiger partial charge on any atom is 0.239 e. The van der Waals surface area contributed by atoms with E-state index < -0.39 is 36.4 Å². The molecule has 1 atom stereocenters. The molecular formula is C28H27ClN4O5S2. The first-order valence-corrected chi connectivity index (χ1v) is 16.8. The third-order valence-electron chi connectivity index (χ3n) is 8.61. The average Bonchev–Trinajstić information content (AvgIpc) is 3.25. The molecule has 3 aliphatic rings. The maximum absolute atomic E-state index is 14.4. The minimum atomic E-state index is -4.05. The highest BCUT2D eigenvalue weighted by molar-refractivity contribution is 7.91. The highest BCUT2D eigenvalue weighted by atomic mass is 35.5. The molecule has 1 unspecified atom stereocenters. The van der Waals surface area contributed by atoms with Crippen LogP contribution < -0.4 is 4.90 Å². The van der Waals surface area contributed by atoms with Gasteiger partial charge in [0.1, 0.15) is 9.84 Å². The summed E-state index contributed by atoms with van der Waals surface area (Å²) in [5.74, 6) is -1.15. The van der Waals surface area contributed by atoms with Gasteiger partial charge >= 0.3 is 0 Å². The van der Waals surface area contributed by atoms with Gasteiger partial charge in [-0.25, -0.2) is 16.8 Å². The number of aromatic nitrogens is 1. The zero-order valence-corrected chi connectivity index (χ0v) is 24.0. The average molecular weight is 599 g/mol. The van der Waals surface area contributed by atoms with E-state index in [1.54, 1.807) is 35.5 Å². The lowest BCUT2D eigenvalue weighted by Gasteiger charge is -2.41. The molecule has 0 saturated carbocycles. The number of sulfonamides is 1. The van der Waals surface area contributed by atoms with Crippen LogP contribution in [0, 0.1) is 16.7 Å². The number of pyridine rings is 1. The number of hydrogen-bond acceptors (Lipinski definition) is 7. The predicted molar refractivity (Wildman–Crippen MR) is 152 cm³/mol. The molecule has 2 saturated heterocycles. The van der Waals surface area contributed by atoms with Crippen molar-refractivity contribution in [3.8, 4) is 6.07 Å². The van der Waals surface area contributed by atoms with Crippen molar-refractivity contribution in [2.75, 3.05) is 35.2 Å². The summed E-state index contributed by atoms with van der Waals surface area (Å²) < 4.78 is 53.1. The van der Waals surface area contributed by atoms with E-state index in [2.05, 4.69) is 11.1 Å². The van der Waals surface area contributed by atoms with Crippen LogP contribution in [0.2, 0.25) is 5.02 Å². The fourth-order valence-electron chi connectivity index (χ4n) is 6.33. The van der Waals surface area contributed by atoms with Crippen molar-refractivity contribution in [1.82, 2.24) is 9.29 Å². The Balaban J connectivity index is 1.38. The Labute approximate surface area is 238 Å². The number of fused-ring (bicyclic) bond motifs is 3. The first-order chi connectivity index (χ1) is 19.0. The zero-order chi connectivity index (χ0) is 28.3. The van der Waals surface area contributed by atoms with Crippen LogP contribution in [0.4, 0.5) is 5.69 Å². The van der Waals surface area contributed by atoms with E-state index in [0.29, 0.717) is 34.8 Å². The van der Waals surface area contributed by atoms with E-state index in [0.717, 1.165) is 10.8 Å². The monoisotopic (exact) mass is 598 g/mol. The second-order valence-corrected chi connectivity index (χ2v) is 15.7. The number of rotatable bonds is 4. The van der Waals surface area contributed by atoms with E-state index in [-0.39, 0.29) is 43.3 Å². The summed E-state index contributed by atoms with van der Waals surface area (Å²) in [7, 11) is -7.34. The van der Waals surface area contributed by atoms with Crippen LogP contribution in [0.25, 0.3) is 10.8 Å². The zero-order valence-electron chi connectivity index (χ0n) is 21.6. The van der Waals surface area contributed by atoms with E-state index >= 15 is 0 Å². The number of carbonyl (C=O) groups is 1. The molecule has 4 heterocycles. The first-order valence-electron chi connectivity index (χ1n) is 13.0. The van der Waals surface area contributed by atoms with E-state index in [4.69, 9.17) is 11.6 Å². The van der Waals surface area contributed by atoms with Crippen LogP contribution in [0.15, 0.2) is 54.9 Å². The molecule has 0 bridgehead atoms. The van der Waals surface area contributed by atoms with Crippen LogP contribution in [-0.2, 0) is 36.6 Å². The van der Waals surface area contributed by atoms with E-state index in [9.17, 15) is 26.9 Å². The van der Waals surface area contributed by atoms with Gasteiger partial charge in [-0.2, -0.15) is 9.57 Å². The highest BCUT2D eigenvalue weighted by Crippen LogP contribution is 2.46. The largest absolute Gasteiger partial charge is 0.309 e. The standard InChI is InChI=1S/C28H27ClN4O5S2/c29-22-6-5-21-16-32(40(37,38)19-27(17-30)8-11-39(35,36)12-9-27)18-28(24(21)13-22)7-10-33(26(28)34)25-15-31-14-20-3-1-2-4-23(20)25/h1-6,13-15H,7-12,16,18-19H2. The van der Waals surface area contributed by atoms with Gasteiger partial charge in [-0.15, -0.1) is 0 Å². The van der Waals surface area contributed by atoms with Gasteiger partial charge in [0.15, 0.2) is 0 Å². The molecule has 0 N–H and O–H groups in total. The number of halogens is 1. The number of hydrogen-bond donors (Lipinski definition) is 0. The number of benzene rings is 2. The summed E-state index contributed by atoms with van der Waals surface area (Å²) in [5, 5.41) is 12.2. The molecular weight excluding hydrogens is 572 g/mol. The van der Waals surface area contributed by atoms with Crippen LogP contribution in [0.1, 0.15) is 30.4 Å². The number of amides is 1. The van der Waals surface area contributed by atoms with Crippen molar-refractivity contribution < 1.29 is 21.6 Å². The van der Waals surface area contributed by atoms with Gasteiger partial charge in [0, 0.05) is 41.6 Å². The molecule has 2 aromatic carbocycles. The minimum absolute atomic E-state index is 0.0307. The number of carbonyl (C=O) groups excluding carboxylic acids is 1. The Morgan fingerprint density at radius 3 is 2.58 bits per heavy atom. The number of sulfone groups is 1. The second kappa shape index (κ2) is 9.52. The fraction of sp³-hybridized carbons (Fsp3) is 0.393. The molecule has 0 radical (unpaired) electrons. The third kappa shape index (κ3) is 4.47. The quantitative estimate of drug-likeness (QED) is 0.450. The topological polar surface area (TPSA) is 129 Å². The van der Waals surface area contributed by atoms with Crippen molar-refractivity contribution in [2.45, 2.75) is 31.2 Å². The molecule has 1 aromatic heterocycles.